The molecule has 2 heterocycles. The summed E-state index contributed by atoms with van der Waals surface area (Å²) in [6, 6.07) is 92.5. The van der Waals surface area contributed by atoms with E-state index >= 15 is 0 Å². The van der Waals surface area contributed by atoms with Gasteiger partial charge in [-0.25, -0.2) is 0 Å². The Morgan fingerprint density at radius 1 is 0.304 bits per heavy atom. The minimum Gasteiger partial charge on any atom is -0.455 e. The lowest BCUT2D eigenvalue weighted by molar-refractivity contribution is 0.673. The predicted molar refractivity (Wildman–Crippen MR) is 292 cm³/mol. The summed E-state index contributed by atoms with van der Waals surface area (Å²) < 4.78 is 8.96. The normalized spacial score (nSPS) is 11.8. The Hall–Kier alpha value is -9.18. The Bertz CT molecular complexity index is 4240. The minimum absolute atomic E-state index is 0.893. The Kier molecular flexibility index (Phi) is 8.90. The Labute approximate surface area is 399 Å². The van der Waals surface area contributed by atoms with E-state index in [4.69, 9.17) is 4.42 Å². The summed E-state index contributed by atoms with van der Waals surface area (Å²) in [5.74, 6) is 0. The lowest BCUT2D eigenvalue weighted by Crippen LogP contribution is -2.09. The van der Waals surface area contributed by atoms with Gasteiger partial charge in [0.2, 0.25) is 0 Å². The van der Waals surface area contributed by atoms with Gasteiger partial charge in [0, 0.05) is 49.7 Å². The van der Waals surface area contributed by atoms with Crippen LogP contribution >= 0.6 is 0 Å². The third-order valence-corrected chi connectivity index (χ3v) is 14.2. The molecule has 14 rings (SSSR count). The summed E-state index contributed by atoms with van der Waals surface area (Å²) in [6.45, 7) is 0. The summed E-state index contributed by atoms with van der Waals surface area (Å²) in [7, 11) is 0. The molecule has 0 amide bonds. The van der Waals surface area contributed by atoms with E-state index in [1.54, 1.807) is 0 Å². The molecule has 14 aromatic rings. The largest absolute Gasteiger partial charge is 0.455 e. The molecule has 0 aliphatic heterocycles. The fourth-order valence-electron chi connectivity index (χ4n) is 10.8. The standard InChI is InChI=1S/C66H42N2O/c1-3-15-55-45(11-1)23-24-48-25-26-50(42-61(48)55)44-29-36-52(37-30-44)67(53-38-31-47(32-39-53)56-19-10-22-64-65(56)60-40-33-46-12-2-4-16-57(46)66(60)69-64)51-34-27-43(28-35-51)49-13-9-14-54(41-49)68-62-20-7-5-17-58(62)59-18-6-8-21-63(59)68/h1-42H. The molecule has 3 heteroatoms. The summed E-state index contributed by atoms with van der Waals surface area (Å²) in [5, 5.41) is 12.1. The topological polar surface area (TPSA) is 21.3 Å². The van der Waals surface area contributed by atoms with Crippen LogP contribution in [0, 0.1) is 0 Å². The maximum absolute atomic E-state index is 6.58. The first kappa shape index (κ1) is 39.0. The molecule has 3 nitrogen and oxygen atoms in total. The second kappa shape index (κ2) is 15.7. The van der Waals surface area contributed by atoms with Crippen molar-refractivity contribution in [1.82, 2.24) is 4.57 Å². The molecule has 0 unspecified atom stereocenters. The molecular weight excluding hydrogens is 837 g/mol. The number of hydrogen-bond donors (Lipinski definition) is 0. The molecule has 69 heavy (non-hydrogen) atoms. The SMILES string of the molecule is c1cc(-c2ccc(N(c3ccc(-c4ccc5ccc6ccccc6c5c4)cc3)c3ccc(-c4cccc5oc6c7ccccc7ccc6c45)cc3)cc2)cc(-n2c3ccccc3c3ccccc32)c1. The molecule has 0 aliphatic rings. The highest BCUT2D eigenvalue weighted by Gasteiger charge is 2.18. The molecule has 0 saturated carbocycles. The summed E-state index contributed by atoms with van der Waals surface area (Å²) in [4.78, 5) is 2.36. The van der Waals surface area contributed by atoms with Gasteiger partial charge in [-0.05, 0) is 139 Å². The van der Waals surface area contributed by atoms with Crippen molar-refractivity contribution in [3.05, 3.63) is 255 Å². The number of hydrogen-bond acceptors (Lipinski definition) is 2. The molecule has 0 radical (unpaired) electrons. The average Bonchev–Trinajstić information content (AvgIpc) is 3.98. The van der Waals surface area contributed by atoms with Gasteiger partial charge < -0.3 is 13.9 Å². The Morgan fingerprint density at radius 3 is 1.46 bits per heavy atom. The van der Waals surface area contributed by atoms with E-state index in [0.29, 0.717) is 0 Å². The van der Waals surface area contributed by atoms with E-state index in [-0.39, 0.29) is 0 Å². The van der Waals surface area contributed by atoms with Crippen molar-refractivity contribution >= 4 is 93.1 Å². The molecule has 0 N–H and O–H groups in total. The van der Waals surface area contributed by atoms with Crippen LogP contribution in [0.1, 0.15) is 0 Å². The number of benzene rings is 12. The first-order valence-electron chi connectivity index (χ1n) is 23.6. The van der Waals surface area contributed by atoms with E-state index in [1.807, 2.05) is 0 Å². The van der Waals surface area contributed by atoms with Crippen LogP contribution in [0.15, 0.2) is 259 Å². The van der Waals surface area contributed by atoms with Gasteiger partial charge >= 0.3 is 0 Å². The van der Waals surface area contributed by atoms with Crippen molar-refractivity contribution in [2.75, 3.05) is 4.90 Å². The maximum Gasteiger partial charge on any atom is 0.143 e. The number of furan rings is 1. The zero-order valence-corrected chi connectivity index (χ0v) is 37.6. The average molecular weight is 879 g/mol. The second-order valence-corrected chi connectivity index (χ2v) is 18.1. The van der Waals surface area contributed by atoms with Crippen LogP contribution in [0.2, 0.25) is 0 Å². The zero-order valence-electron chi connectivity index (χ0n) is 37.6. The van der Waals surface area contributed by atoms with Gasteiger partial charge in [0.1, 0.15) is 11.2 Å². The van der Waals surface area contributed by atoms with Crippen LogP contribution in [0.3, 0.4) is 0 Å². The first-order valence-corrected chi connectivity index (χ1v) is 23.6. The molecule has 2 aromatic heterocycles. The van der Waals surface area contributed by atoms with Crippen LogP contribution in [0.25, 0.3) is 115 Å². The van der Waals surface area contributed by atoms with E-state index < -0.39 is 0 Å². The highest BCUT2D eigenvalue weighted by Crippen LogP contribution is 2.43. The van der Waals surface area contributed by atoms with Crippen LogP contribution < -0.4 is 4.90 Å². The highest BCUT2D eigenvalue weighted by atomic mass is 16.3. The third-order valence-electron chi connectivity index (χ3n) is 14.2. The van der Waals surface area contributed by atoms with Gasteiger partial charge in [0.05, 0.1) is 11.0 Å². The number of rotatable bonds is 7. The molecule has 12 aromatic carbocycles. The second-order valence-electron chi connectivity index (χ2n) is 18.1. The monoisotopic (exact) mass is 878 g/mol. The molecule has 0 saturated heterocycles. The number of aromatic nitrogens is 1. The molecular formula is C66H42N2O. The smallest absolute Gasteiger partial charge is 0.143 e. The summed E-state index contributed by atoms with van der Waals surface area (Å²) in [5.41, 5.74) is 15.6. The molecule has 0 atom stereocenters. The van der Waals surface area contributed by atoms with Crippen molar-refractivity contribution in [3.8, 4) is 39.1 Å². The van der Waals surface area contributed by atoms with Gasteiger partial charge in [0.15, 0.2) is 0 Å². The highest BCUT2D eigenvalue weighted by molar-refractivity contribution is 6.19. The Balaban J connectivity index is 0.855. The van der Waals surface area contributed by atoms with Crippen LogP contribution in [0.4, 0.5) is 17.1 Å². The van der Waals surface area contributed by atoms with Crippen molar-refractivity contribution in [3.63, 3.8) is 0 Å². The fourth-order valence-corrected chi connectivity index (χ4v) is 10.8. The maximum atomic E-state index is 6.58. The molecule has 0 fully saturated rings. The first-order chi connectivity index (χ1) is 34.2. The van der Waals surface area contributed by atoms with Crippen LogP contribution in [-0.4, -0.2) is 4.57 Å². The van der Waals surface area contributed by atoms with Crippen molar-refractivity contribution in [1.29, 1.82) is 0 Å². The van der Waals surface area contributed by atoms with Crippen LogP contribution in [0.5, 0.6) is 0 Å². The minimum atomic E-state index is 0.893. The number of anilines is 3. The molecule has 0 bridgehead atoms. The quantitative estimate of drug-likeness (QED) is 0.149. The van der Waals surface area contributed by atoms with E-state index in [9.17, 15) is 0 Å². The Morgan fingerprint density at radius 2 is 0.797 bits per heavy atom. The molecule has 0 aliphatic carbocycles. The number of nitrogens with zero attached hydrogens (tertiary/aromatic N) is 2. The van der Waals surface area contributed by atoms with E-state index in [2.05, 4.69) is 264 Å². The summed E-state index contributed by atoms with van der Waals surface area (Å²) >= 11 is 0. The zero-order chi connectivity index (χ0) is 45.4. The van der Waals surface area contributed by atoms with Crippen molar-refractivity contribution in [2.24, 2.45) is 0 Å². The van der Waals surface area contributed by atoms with E-state index in [1.165, 1.54) is 65.4 Å². The van der Waals surface area contributed by atoms with Gasteiger partial charge in [0.25, 0.3) is 0 Å². The van der Waals surface area contributed by atoms with Crippen molar-refractivity contribution < 1.29 is 4.42 Å². The van der Waals surface area contributed by atoms with E-state index in [0.717, 1.165) is 66.8 Å². The number of fused-ring (bicyclic) bond motifs is 11. The lowest BCUT2D eigenvalue weighted by atomic mass is 9.97. The van der Waals surface area contributed by atoms with Crippen LogP contribution in [-0.2, 0) is 0 Å². The third kappa shape index (κ3) is 6.43. The van der Waals surface area contributed by atoms with Gasteiger partial charge in [-0.1, -0.05) is 176 Å². The predicted octanol–water partition coefficient (Wildman–Crippen LogP) is 18.6. The fraction of sp³-hybridized carbons (Fsp3) is 0. The van der Waals surface area contributed by atoms with Crippen molar-refractivity contribution in [2.45, 2.75) is 0 Å². The van der Waals surface area contributed by atoms with Gasteiger partial charge in [-0.15, -0.1) is 0 Å². The molecule has 322 valence electrons. The summed E-state index contributed by atoms with van der Waals surface area (Å²) in [6.07, 6.45) is 0. The van der Waals surface area contributed by atoms with Gasteiger partial charge in [-0.3, -0.25) is 0 Å². The van der Waals surface area contributed by atoms with Gasteiger partial charge in [-0.2, -0.15) is 0 Å². The lowest BCUT2D eigenvalue weighted by Gasteiger charge is -2.26. The number of para-hydroxylation sites is 2. The molecule has 0 spiro atoms.